The highest BCUT2D eigenvalue weighted by Crippen LogP contribution is 2.53. The summed E-state index contributed by atoms with van der Waals surface area (Å²) >= 11 is 0. The number of ketones is 1. The molecule has 130 valence electrons. The highest BCUT2D eigenvalue weighted by atomic mass is 16.5. The van der Waals surface area contributed by atoms with E-state index in [2.05, 4.69) is 13.0 Å². The number of carbonyl (C=O) groups is 1. The van der Waals surface area contributed by atoms with Gasteiger partial charge in [-0.1, -0.05) is 25.3 Å². The van der Waals surface area contributed by atoms with Gasteiger partial charge in [-0.2, -0.15) is 0 Å². The normalized spacial score (nSPS) is 24.7. The topological polar surface area (TPSA) is 46.5 Å². The molecule has 3 heteroatoms. The van der Waals surface area contributed by atoms with Crippen LogP contribution in [0.2, 0.25) is 0 Å². The van der Waals surface area contributed by atoms with Crippen LogP contribution < -0.4 is 4.74 Å². The fourth-order valence-corrected chi connectivity index (χ4v) is 4.35. The number of unbranched alkanes of at least 4 members (excludes halogenated alkanes) is 2. The number of aryl methyl sites for hydroxylation is 1. The van der Waals surface area contributed by atoms with Crippen molar-refractivity contribution >= 4 is 5.78 Å². The van der Waals surface area contributed by atoms with Gasteiger partial charge in [0.05, 0.1) is 5.92 Å². The van der Waals surface area contributed by atoms with Crippen LogP contribution in [0.4, 0.5) is 0 Å². The first kappa shape index (κ1) is 17.1. The average molecular weight is 328 g/mol. The van der Waals surface area contributed by atoms with Gasteiger partial charge in [0.1, 0.15) is 17.1 Å². The quantitative estimate of drug-likeness (QED) is 0.798. The number of ether oxygens (including phenoxy) is 1. The molecule has 0 unspecified atom stereocenters. The number of carbonyl (C=O) groups excluding carboxylic acids is 1. The predicted octanol–water partition coefficient (Wildman–Crippen LogP) is 4.91. The van der Waals surface area contributed by atoms with E-state index in [1.807, 2.05) is 26.8 Å². The molecule has 1 aliphatic carbocycles. The molecule has 0 amide bonds. The molecule has 0 saturated carbocycles. The molecule has 1 aliphatic heterocycles. The van der Waals surface area contributed by atoms with Gasteiger partial charge in [-0.05, 0) is 63.8 Å². The van der Waals surface area contributed by atoms with Crippen LogP contribution in [0.5, 0.6) is 11.5 Å². The molecule has 3 nitrogen and oxygen atoms in total. The van der Waals surface area contributed by atoms with Gasteiger partial charge in [-0.25, -0.2) is 0 Å². The number of fused-ring (bicyclic) bond motifs is 3. The Kier molecular flexibility index (Phi) is 4.46. The third-order valence-electron chi connectivity index (χ3n) is 5.38. The van der Waals surface area contributed by atoms with Gasteiger partial charge in [-0.15, -0.1) is 0 Å². The summed E-state index contributed by atoms with van der Waals surface area (Å²) in [5, 5.41) is 10.7. The molecule has 0 aromatic heterocycles. The van der Waals surface area contributed by atoms with E-state index in [-0.39, 0.29) is 23.4 Å². The summed E-state index contributed by atoms with van der Waals surface area (Å²) in [6.07, 6.45) is 6.98. The van der Waals surface area contributed by atoms with E-state index in [0.717, 1.165) is 41.7 Å². The minimum atomic E-state index is -0.555. The van der Waals surface area contributed by atoms with Crippen molar-refractivity contribution in [2.75, 3.05) is 0 Å². The molecule has 1 heterocycles. The molecule has 0 spiro atoms. The summed E-state index contributed by atoms with van der Waals surface area (Å²) in [4.78, 5) is 12.6. The van der Waals surface area contributed by atoms with E-state index in [0.29, 0.717) is 0 Å². The largest absolute Gasteiger partial charge is 0.508 e. The number of allylic oxidation sites excluding steroid dienone is 2. The molecule has 24 heavy (non-hydrogen) atoms. The molecule has 2 aliphatic rings. The lowest BCUT2D eigenvalue weighted by atomic mass is 9.66. The number of phenols is 1. The van der Waals surface area contributed by atoms with Gasteiger partial charge in [0.2, 0.25) is 0 Å². The Hall–Kier alpha value is -1.77. The van der Waals surface area contributed by atoms with Gasteiger partial charge < -0.3 is 9.84 Å². The SMILES string of the molecule is CCCCCc1cc(O)c2c(c1)OC(C)(C)[C@@H]1C(=O)C=C(C)C[C@@H]21. The Labute approximate surface area is 144 Å². The second kappa shape index (κ2) is 6.27. The molecule has 0 bridgehead atoms. The van der Waals surface area contributed by atoms with Crippen molar-refractivity contribution in [3.05, 3.63) is 34.9 Å². The van der Waals surface area contributed by atoms with Crippen molar-refractivity contribution in [2.24, 2.45) is 5.92 Å². The Morgan fingerprint density at radius 2 is 2.04 bits per heavy atom. The summed E-state index contributed by atoms with van der Waals surface area (Å²) in [5.41, 5.74) is 2.46. The number of hydrogen-bond donors (Lipinski definition) is 1. The third-order valence-corrected chi connectivity index (χ3v) is 5.38. The van der Waals surface area contributed by atoms with Crippen molar-refractivity contribution in [2.45, 2.75) is 71.3 Å². The molecule has 2 atom stereocenters. The predicted molar refractivity (Wildman–Crippen MR) is 95.7 cm³/mol. The number of benzene rings is 1. The second-order valence-corrected chi connectivity index (χ2v) is 7.87. The summed E-state index contributed by atoms with van der Waals surface area (Å²) in [6, 6.07) is 3.94. The smallest absolute Gasteiger partial charge is 0.163 e. The van der Waals surface area contributed by atoms with E-state index in [1.165, 1.54) is 12.8 Å². The summed E-state index contributed by atoms with van der Waals surface area (Å²) in [6.45, 7) is 8.15. The number of rotatable bonds is 4. The average Bonchev–Trinajstić information content (AvgIpc) is 2.44. The second-order valence-electron chi connectivity index (χ2n) is 7.87. The maximum Gasteiger partial charge on any atom is 0.163 e. The molecule has 3 rings (SSSR count). The van der Waals surface area contributed by atoms with Crippen molar-refractivity contribution in [1.29, 1.82) is 0 Å². The highest BCUT2D eigenvalue weighted by molar-refractivity contribution is 5.95. The minimum Gasteiger partial charge on any atom is -0.508 e. The summed E-state index contributed by atoms with van der Waals surface area (Å²) in [5.74, 6) is 0.935. The third kappa shape index (κ3) is 2.97. The first-order valence-corrected chi connectivity index (χ1v) is 9.09. The van der Waals surface area contributed by atoms with Crippen LogP contribution in [0.1, 0.15) is 70.4 Å². The minimum absolute atomic E-state index is 0.00550. The van der Waals surface area contributed by atoms with E-state index in [4.69, 9.17) is 4.74 Å². The van der Waals surface area contributed by atoms with Crippen LogP contribution in [-0.4, -0.2) is 16.5 Å². The van der Waals surface area contributed by atoms with Gasteiger partial charge in [0.15, 0.2) is 5.78 Å². The monoisotopic (exact) mass is 328 g/mol. The Morgan fingerprint density at radius 1 is 1.29 bits per heavy atom. The lowest BCUT2D eigenvalue weighted by Gasteiger charge is -2.45. The van der Waals surface area contributed by atoms with E-state index in [9.17, 15) is 9.90 Å². The lowest BCUT2D eigenvalue weighted by molar-refractivity contribution is -0.127. The maximum atomic E-state index is 12.6. The van der Waals surface area contributed by atoms with E-state index < -0.39 is 5.60 Å². The molecule has 1 N–H and O–H groups in total. The van der Waals surface area contributed by atoms with Crippen molar-refractivity contribution < 1.29 is 14.6 Å². The zero-order valence-electron chi connectivity index (χ0n) is 15.2. The molecule has 1 aromatic carbocycles. The standard InChI is InChI=1S/C21H28O3/c1-5-6-7-8-14-11-16(22)19-15-9-13(2)10-17(23)20(15)21(3,4)24-18(19)12-14/h10-12,15,20,22H,5-9H2,1-4H3/t15-,20-/m0/s1. The first-order valence-electron chi connectivity index (χ1n) is 9.09. The fourth-order valence-electron chi connectivity index (χ4n) is 4.35. The number of hydrogen-bond acceptors (Lipinski definition) is 3. The summed E-state index contributed by atoms with van der Waals surface area (Å²) in [7, 11) is 0. The van der Waals surface area contributed by atoms with Gasteiger partial charge in [0, 0.05) is 11.5 Å². The molecular formula is C21H28O3. The molecule has 0 fully saturated rings. The van der Waals surface area contributed by atoms with Crippen LogP contribution >= 0.6 is 0 Å². The molecule has 0 radical (unpaired) electrons. The first-order chi connectivity index (χ1) is 11.3. The Bertz CT molecular complexity index is 685. The van der Waals surface area contributed by atoms with Crippen LogP contribution in [0.25, 0.3) is 0 Å². The number of aromatic hydroxyl groups is 1. The van der Waals surface area contributed by atoms with Gasteiger partial charge >= 0.3 is 0 Å². The van der Waals surface area contributed by atoms with E-state index >= 15 is 0 Å². The van der Waals surface area contributed by atoms with Crippen LogP contribution in [0.3, 0.4) is 0 Å². The van der Waals surface area contributed by atoms with Gasteiger partial charge in [-0.3, -0.25) is 4.79 Å². The van der Waals surface area contributed by atoms with E-state index in [1.54, 1.807) is 6.08 Å². The zero-order valence-corrected chi connectivity index (χ0v) is 15.2. The highest BCUT2D eigenvalue weighted by Gasteiger charge is 2.49. The summed E-state index contributed by atoms with van der Waals surface area (Å²) < 4.78 is 6.21. The van der Waals surface area contributed by atoms with Crippen LogP contribution in [-0.2, 0) is 11.2 Å². The maximum absolute atomic E-state index is 12.6. The molecule has 1 aromatic rings. The fraction of sp³-hybridized carbons (Fsp3) is 0.571. The van der Waals surface area contributed by atoms with Crippen molar-refractivity contribution in [1.82, 2.24) is 0 Å². The molecular weight excluding hydrogens is 300 g/mol. The Morgan fingerprint density at radius 3 is 2.75 bits per heavy atom. The van der Waals surface area contributed by atoms with Crippen LogP contribution in [0.15, 0.2) is 23.8 Å². The van der Waals surface area contributed by atoms with Crippen molar-refractivity contribution in [3.63, 3.8) is 0 Å². The zero-order chi connectivity index (χ0) is 17.5. The Balaban J connectivity index is 2.01. The number of phenolic OH excluding ortho intramolecular Hbond substituents is 1. The lowest BCUT2D eigenvalue weighted by Crippen LogP contribution is -2.49. The van der Waals surface area contributed by atoms with Gasteiger partial charge in [0.25, 0.3) is 0 Å². The van der Waals surface area contributed by atoms with Crippen LogP contribution in [0, 0.1) is 5.92 Å². The molecule has 0 saturated heterocycles. The van der Waals surface area contributed by atoms with Crippen molar-refractivity contribution in [3.8, 4) is 11.5 Å².